The Morgan fingerprint density at radius 3 is 2.26 bits per heavy atom. The van der Waals surface area contributed by atoms with Crippen LogP contribution < -0.4 is 0 Å². The summed E-state index contributed by atoms with van der Waals surface area (Å²) in [6, 6.07) is 0.248. The summed E-state index contributed by atoms with van der Waals surface area (Å²) < 4.78 is 0. The van der Waals surface area contributed by atoms with E-state index in [1.807, 2.05) is 4.90 Å². The van der Waals surface area contributed by atoms with Crippen molar-refractivity contribution in [1.82, 2.24) is 4.90 Å². The molecule has 0 aromatic rings. The second-order valence-corrected chi connectivity index (χ2v) is 6.23. The Morgan fingerprint density at radius 1 is 1.00 bits per heavy atom. The van der Waals surface area contributed by atoms with Gasteiger partial charge in [-0.2, -0.15) is 0 Å². The average molecular weight is 267 g/mol. The lowest BCUT2D eigenvalue weighted by Crippen LogP contribution is -2.50. The van der Waals surface area contributed by atoms with E-state index in [1.54, 1.807) is 0 Å². The van der Waals surface area contributed by atoms with E-state index in [1.165, 1.54) is 0 Å². The molecular weight excluding hydrogens is 242 g/mol. The standard InChI is InChI=1S/C15H25NO3/c1-10-6-5-9-16(11(10)2)14(17)12-7-3-4-8-13(12)15(18)19/h10-13H,3-9H2,1-2H3,(H,18,19)/t10?,11?,12-,13+/m1/s1. The number of aliphatic carboxylic acids is 1. The number of hydrogen-bond acceptors (Lipinski definition) is 2. The highest BCUT2D eigenvalue weighted by molar-refractivity contribution is 5.85. The van der Waals surface area contributed by atoms with Crippen LogP contribution in [-0.4, -0.2) is 34.5 Å². The molecule has 0 aromatic carbocycles. The van der Waals surface area contributed by atoms with Crippen molar-refractivity contribution in [3.63, 3.8) is 0 Å². The third kappa shape index (κ3) is 2.93. The van der Waals surface area contributed by atoms with Crippen molar-refractivity contribution in [2.75, 3.05) is 6.54 Å². The molecule has 1 amide bonds. The van der Waals surface area contributed by atoms with E-state index in [4.69, 9.17) is 0 Å². The van der Waals surface area contributed by atoms with Gasteiger partial charge in [0.25, 0.3) is 0 Å². The molecule has 1 saturated heterocycles. The molecule has 0 radical (unpaired) electrons. The second-order valence-electron chi connectivity index (χ2n) is 6.23. The van der Waals surface area contributed by atoms with Crippen LogP contribution in [0.1, 0.15) is 52.4 Å². The fourth-order valence-corrected chi connectivity index (χ4v) is 3.58. The maximum atomic E-state index is 12.7. The summed E-state index contributed by atoms with van der Waals surface area (Å²) in [5.74, 6) is -0.948. The Bertz CT molecular complexity index is 355. The lowest BCUT2D eigenvalue weighted by molar-refractivity contribution is -0.154. The average Bonchev–Trinajstić information content (AvgIpc) is 2.41. The minimum absolute atomic E-state index is 0.0890. The zero-order valence-electron chi connectivity index (χ0n) is 12.0. The number of hydrogen-bond donors (Lipinski definition) is 1. The molecule has 2 rings (SSSR count). The van der Waals surface area contributed by atoms with Crippen LogP contribution in [0.25, 0.3) is 0 Å². The molecule has 19 heavy (non-hydrogen) atoms. The number of nitrogens with zero attached hydrogens (tertiary/aromatic N) is 1. The normalized spacial score (nSPS) is 36.0. The smallest absolute Gasteiger partial charge is 0.307 e. The Morgan fingerprint density at radius 2 is 1.63 bits per heavy atom. The van der Waals surface area contributed by atoms with Gasteiger partial charge in [0, 0.05) is 12.6 Å². The molecule has 2 fully saturated rings. The summed E-state index contributed by atoms with van der Waals surface area (Å²) in [6.45, 7) is 5.08. The van der Waals surface area contributed by atoms with Crippen molar-refractivity contribution >= 4 is 11.9 Å². The van der Waals surface area contributed by atoms with Gasteiger partial charge in [-0.15, -0.1) is 0 Å². The minimum atomic E-state index is -0.796. The summed E-state index contributed by atoms with van der Waals surface area (Å²) in [5.41, 5.74) is 0. The molecule has 1 N–H and O–H groups in total. The van der Waals surface area contributed by atoms with E-state index in [-0.39, 0.29) is 17.9 Å². The third-order valence-electron chi connectivity index (χ3n) is 5.06. The number of likely N-dealkylation sites (tertiary alicyclic amines) is 1. The van der Waals surface area contributed by atoms with E-state index in [0.717, 1.165) is 38.6 Å². The molecule has 1 aliphatic carbocycles. The summed E-state index contributed by atoms with van der Waals surface area (Å²) in [5, 5.41) is 9.30. The van der Waals surface area contributed by atoms with Crippen molar-refractivity contribution in [2.24, 2.45) is 17.8 Å². The molecular formula is C15H25NO3. The van der Waals surface area contributed by atoms with Crippen LogP contribution in [-0.2, 0) is 9.59 Å². The summed E-state index contributed by atoms with van der Waals surface area (Å²) in [7, 11) is 0. The number of carboxylic acid groups (broad SMARTS) is 1. The number of rotatable bonds is 2. The first-order valence-electron chi connectivity index (χ1n) is 7.55. The molecule has 108 valence electrons. The van der Waals surface area contributed by atoms with Gasteiger partial charge >= 0.3 is 5.97 Å². The highest BCUT2D eigenvalue weighted by atomic mass is 16.4. The molecule has 4 heteroatoms. The Balaban J connectivity index is 2.10. The SMILES string of the molecule is CC1CCCN(C(=O)[C@@H]2CCCC[C@@H]2C(=O)O)C1C. The maximum Gasteiger partial charge on any atom is 0.307 e. The monoisotopic (exact) mass is 267 g/mol. The first-order chi connectivity index (χ1) is 9.02. The molecule has 1 saturated carbocycles. The lowest BCUT2D eigenvalue weighted by Gasteiger charge is -2.41. The zero-order chi connectivity index (χ0) is 14.0. The van der Waals surface area contributed by atoms with Gasteiger partial charge in [0.2, 0.25) is 5.91 Å². The molecule has 1 aliphatic heterocycles. The molecule has 1 heterocycles. The Hall–Kier alpha value is -1.06. The van der Waals surface area contributed by atoms with Crippen LogP contribution in [0.5, 0.6) is 0 Å². The minimum Gasteiger partial charge on any atom is -0.481 e. The molecule has 0 spiro atoms. The number of carbonyl (C=O) groups is 2. The van der Waals surface area contributed by atoms with Crippen LogP contribution in [0.4, 0.5) is 0 Å². The summed E-state index contributed by atoms with van der Waals surface area (Å²) >= 11 is 0. The third-order valence-corrected chi connectivity index (χ3v) is 5.06. The molecule has 2 aliphatic rings. The highest BCUT2D eigenvalue weighted by Gasteiger charge is 2.40. The van der Waals surface area contributed by atoms with Gasteiger partial charge in [-0.25, -0.2) is 0 Å². The quantitative estimate of drug-likeness (QED) is 0.836. The van der Waals surface area contributed by atoms with Gasteiger partial charge in [0.1, 0.15) is 0 Å². The number of piperidine rings is 1. The number of carboxylic acids is 1. The van der Waals surface area contributed by atoms with Gasteiger partial charge in [0.05, 0.1) is 11.8 Å². The van der Waals surface area contributed by atoms with Crippen molar-refractivity contribution in [2.45, 2.75) is 58.4 Å². The van der Waals surface area contributed by atoms with E-state index in [0.29, 0.717) is 12.3 Å². The summed E-state index contributed by atoms with van der Waals surface area (Å²) in [4.78, 5) is 26.0. The van der Waals surface area contributed by atoms with E-state index in [9.17, 15) is 14.7 Å². The first-order valence-corrected chi connectivity index (χ1v) is 7.55. The summed E-state index contributed by atoms with van der Waals surface area (Å²) in [6.07, 6.45) is 5.53. The lowest BCUT2D eigenvalue weighted by atomic mass is 9.77. The molecule has 0 bridgehead atoms. The first kappa shape index (κ1) is 14.4. The largest absolute Gasteiger partial charge is 0.481 e. The van der Waals surface area contributed by atoms with Crippen molar-refractivity contribution in [3.05, 3.63) is 0 Å². The van der Waals surface area contributed by atoms with Gasteiger partial charge in [-0.1, -0.05) is 19.8 Å². The maximum absolute atomic E-state index is 12.7. The highest BCUT2D eigenvalue weighted by Crippen LogP contribution is 2.34. The van der Waals surface area contributed by atoms with Gasteiger partial charge in [-0.05, 0) is 38.5 Å². The molecule has 4 nitrogen and oxygen atoms in total. The van der Waals surface area contributed by atoms with Crippen molar-refractivity contribution in [3.8, 4) is 0 Å². The van der Waals surface area contributed by atoms with E-state index in [2.05, 4.69) is 13.8 Å². The predicted molar refractivity (Wildman–Crippen MR) is 72.7 cm³/mol. The van der Waals surface area contributed by atoms with Crippen LogP contribution >= 0.6 is 0 Å². The number of amides is 1. The Labute approximate surface area is 115 Å². The predicted octanol–water partition coefficient (Wildman–Crippen LogP) is 2.52. The second kappa shape index (κ2) is 5.93. The molecule has 0 aromatic heterocycles. The van der Waals surface area contributed by atoms with Gasteiger partial charge < -0.3 is 10.0 Å². The van der Waals surface area contributed by atoms with Gasteiger partial charge in [-0.3, -0.25) is 9.59 Å². The fourth-order valence-electron chi connectivity index (χ4n) is 3.58. The van der Waals surface area contributed by atoms with Crippen molar-refractivity contribution in [1.29, 1.82) is 0 Å². The Kier molecular flexibility index (Phi) is 4.48. The van der Waals surface area contributed by atoms with Crippen molar-refractivity contribution < 1.29 is 14.7 Å². The van der Waals surface area contributed by atoms with Crippen LogP contribution in [0.15, 0.2) is 0 Å². The van der Waals surface area contributed by atoms with Crippen LogP contribution in [0, 0.1) is 17.8 Å². The molecule has 2 unspecified atom stereocenters. The number of carbonyl (C=O) groups excluding carboxylic acids is 1. The van der Waals surface area contributed by atoms with E-state index < -0.39 is 11.9 Å². The van der Waals surface area contributed by atoms with Gasteiger partial charge in [0.15, 0.2) is 0 Å². The fraction of sp³-hybridized carbons (Fsp3) is 0.867. The molecule has 4 atom stereocenters. The zero-order valence-corrected chi connectivity index (χ0v) is 12.0. The topological polar surface area (TPSA) is 57.6 Å². The van der Waals surface area contributed by atoms with E-state index >= 15 is 0 Å². The van der Waals surface area contributed by atoms with Crippen LogP contribution in [0.2, 0.25) is 0 Å². The van der Waals surface area contributed by atoms with Crippen LogP contribution in [0.3, 0.4) is 0 Å².